The third-order valence-electron chi connectivity index (χ3n) is 3.88. The van der Waals surface area contributed by atoms with Gasteiger partial charge in [0.25, 0.3) is 0 Å². The Morgan fingerprint density at radius 2 is 1.78 bits per heavy atom. The van der Waals surface area contributed by atoms with Crippen LogP contribution in [0.3, 0.4) is 0 Å². The Morgan fingerprint density at radius 3 is 2.33 bits per heavy atom. The fraction of sp³-hybridized carbons (Fsp3) is 0.600. The minimum atomic E-state index is 0.513. The minimum absolute atomic E-state index is 0.513. The van der Waals surface area contributed by atoms with Gasteiger partial charge >= 0.3 is 0 Å². The smallest absolute Gasteiger partial charge is 0.0281 e. The molecule has 0 spiro atoms. The van der Waals surface area contributed by atoms with Gasteiger partial charge in [0.05, 0.1) is 0 Å². The molecule has 1 aromatic rings. The summed E-state index contributed by atoms with van der Waals surface area (Å²) in [5, 5.41) is 3.65. The summed E-state index contributed by atoms with van der Waals surface area (Å²) in [4.78, 5) is 1.34. The molecule has 0 amide bonds. The first kappa shape index (κ1) is 14.3. The summed E-state index contributed by atoms with van der Waals surface area (Å²) in [5.41, 5.74) is 1.39. The van der Waals surface area contributed by atoms with Gasteiger partial charge in [0, 0.05) is 22.7 Å². The second kappa shape index (κ2) is 6.88. The molecule has 0 saturated heterocycles. The van der Waals surface area contributed by atoms with Crippen molar-refractivity contribution in [2.24, 2.45) is 0 Å². The monoisotopic (exact) mass is 281 g/mol. The Bertz CT molecular complexity index is 355. The Morgan fingerprint density at radius 1 is 1.11 bits per heavy atom. The molecule has 1 aromatic carbocycles. The zero-order valence-corrected chi connectivity index (χ0v) is 13.0. The number of hydrogen-bond acceptors (Lipinski definition) is 3. The number of thioether (sulfide) groups is 2. The SMILES string of the molecule is CSc1ccc(CNCC2(SC)CCCC2)cc1. The zero-order chi connectivity index (χ0) is 12.8. The fourth-order valence-electron chi connectivity index (χ4n) is 2.65. The first-order chi connectivity index (χ1) is 8.78. The quantitative estimate of drug-likeness (QED) is 0.786. The van der Waals surface area contributed by atoms with Crippen LogP contribution in [0.5, 0.6) is 0 Å². The maximum atomic E-state index is 3.65. The van der Waals surface area contributed by atoms with E-state index in [0.29, 0.717) is 4.75 Å². The van der Waals surface area contributed by atoms with E-state index in [1.54, 1.807) is 11.8 Å². The lowest BCUT2D eigenvalue weighted by Crippen LogP contribution is -2.34. The molecule has 1 aliphatic rings. The van der Waals surface area contributed by atoms with Gasteiger partial charge in [-0.05, 0) is 43.0 Å². The number of hydrogen-bond donors (Lipinski definition) is 1. The molecule has 1 fully saturated rings. The molecule has 0 bridgehead atoms. The third-order valence-corrected chi connectivity index (χ3v) is 6.05. The van der Waals surface area contributed by atoms with Gasteiger partial charge < -0.3 is 5.32 Å². The minimum Gasteiger partial charge on any atom is -0.311 e. The molecule has 0 atom stereocenters. The molecule has 0 heterocycles. The van der Waals surface area contributed by atoms with Crippen LogP contribution >= 0.6 is 23.5 Å². The molecule has 0 radical (unpaired) electrons. The molecule has 18 heavy (non-hydrogen) atoms. The van der Waals surface area contributed by atoms with Gasteiger partial charge in [0.1, 0.15) is 0 Å². The van der Waals surface area contributed by atoms with E-state index in [2.05, 4.69) is 53.9 Å². The average Bonchev–Trinajstić information content (AvgIpc) is 2.89. The Hall–Kier alpha value is -0.120. The van der Waals surface area contributed by atoms with Crippen LogP contribution in [0, 0.1) is 0 Å². The first-order valence-electron chi connectivity index (χ1n) is 6.67. The van der Waals surface area contributed by atoms with E-state index in [0.717, 1.165) is 13.1 Å². The van der Waals surface area contributed by atoms with Crippen LogP contribution in [-0.2, 0) is 6.54 Å². The Balaban J connectivity index is 1.80. The first-order valence-corrected chi connectivity index (χ1v) is 9.12. The molecular weight excluding hydrogens is 258 g/mol. The summed E-state index contributed by atoms with van der Waals surface area (Å²) < 4.78 is 0.513. The number of nitrogens with one attached hydrogen (secondary N) is 1. The largest absolute Gasteiger partial charge is 0.311 e. The maximum absolute atomic E-state index is 3.65. The molecule has 1 saturated carbocycles. The average molecular weight is 281 g/mol. The van der Waals surface area contributed by atoms with Gasteiger partial charge in [-0.3, -0.25) is 0 Å². The van der Waals surface area contributed by atoms with Crippen molar-refractivity contribution >= 4 is 23.5 Å². The van der Waals surface area contributed by atoms with Gasteiger partial charge in [-0.25, -0.2) is 0 Å². The second-order valence-corrected chi connectivity index (χ2v) is 7.20. The Labute approximate surface area is 120 Å². The van der Waals surface area contributed by atoms with E-state index in [4.69, 9.17) is 0 Å². The topological polar surface area (TPSA) is 12.0 Å². The van der Waals surface area contributed by atoms with Crippen LogP contribution in [0.4, 0.5) is 0 Å². The number of rotatable bonds is 6. The van der Waals surface area contributed by atoms with Crippen molar-refractivity contribution in [3.8, 4) is 0 Å². The van der Waals surface area contributed by atoms with Gasteiger partial charge in [0.2, 0.25) is 0 Å². The van der Waals surface area contributed by atoms with Crippen LogP contribution in [0.15, 0.2) is 29.2 Å². The predicted molar refractivity (Wildman–Crippen MR) is 84.6 cm³/mol. The summed E-state index contributed by atoms with van der Waals surface area (Å²) >= 11 is 3.86. The van der Waals surface area contributed by atoms with E-state index in [9.17, 15) is 0 Å². The van der Waals surface area contributed by atoms with E-state index in [1.165, 1.54) is 36.1 Å². The number of benzene rings is 1. The lowest BCUT2D eigenvalue weighted by atomic mass is 10.1. The van der Waals surface area contributed by atoms with Crippen LogP contribution in [0.2, 0.25) is 0 Å². The normalized spacial score (nSPS) is 18.1. The van der Waals surface area contributed by atoms with Crippen LogP contribution < -0.4 is 5.32 Å². The molecule has 0 aliphatic heterocycles. The van der Waals surface area contributed by atoms with Gasteiger partial charge in [0.15, 0.2) is 0 Å². The van der Waals surface area contributed by atoms with E-state index in [-0.39, 0.29) is 0 Å². The van der Waals surface area contributed by atoms with Crippen molar-refractivity contribution in [1.82, 2.24) is 5.32 Å². The lowest BCUT2D eigenvalue weighted by molar-refractivity contribution is 0.533. The van der Waals surface area contributed by atoms with Crippen molar-refractivity contribution in [2.75, 3.05) is 19.1 Å². The van der Waals surface area contributed by atoms with Gasteiger partial charge in [-0.15, -0.1) is 11.8 Å². The molecule has 1 N–H and O–H groups in total. The van der Waals surface area contributed by atoms with Crippen molar-refractivity contribution in [3.05, 3.63) is 29.8 Å². The highest BCUT2D eigenvalue weighted by molar-refractivity contribution is 8.00. The summed E-state index contributed by atoms with van der Waals surface area (Å²) in [5.74, 6) is 0. The molecule has 0 aromatic heterocycles. The zero-order valence-electron chi connectivity index (χ0n) is 11.4. The van der Waals surface area contributed by atoms with E-state index < -0.39 is 0 Å². The van der Waals surface area contributed by atoms with Crippen LogP contribution in [0.25, 0.3) is 0 Å². The van der Waals surface area contributed by atoms with Crippen molar-refractivity contribution in [2.45, 2.75) is 41.9 Å². The highest BCUT2D eigenvalue weighted by Crippen LogP contribution is 2.39. The summed E-state index contributed by atoms with van der Waals surface area (Å²) in [6.45, 7) is 2.15. The Kier molecular flexibility index (Phi) is 5.46. The van der Waals surface area contributed by atoms with Crippen LogP contribution in [0.1, 0.15) is 31.2 Å². The fourth-order valence-corrected chi connectivity index (χ4v) is 4.00. The highest BCUT2D eigenvalue weighted by atomic mass is 32.2. The molecule has 2 rings (SSSR count). The summed E-state index contributed by atoms with van der Waals surface area (Å²) in [7, 11) is 0. The predicted octanol–water partition coefficient (Wildman–Crippen LogP) is 4.17. The molecule has 100 valence electrons. The van der Waals surface area contributed by atoms with Crippen molar-refractivity contribution in [3.63, 3.8) is 0 Å². The maximum Gasteiger partial charge on any atom is 0.0281 e. The summed E-state index contributed by atoms with van der Waals surface area (Å²) in [6, 6.07) is 8.89. The lowest BCUT2D eigenvalue weighted by Gasteiger charge is -2.27. The molecular formula is C15H23NS2. The van der Waals surface area contributed by atoms with Crippen LogP contribution in [-0.4, -0.2) is 23.8 Å². The molecule has 3 heteroatoms. The molecule has 1 nitrogen and oxygen atoms in total. The second-order valence-electron chi connectivity index (χ2n) is 5.05. The standard InChI is InChI=1S/C15H23NS2/c1-17-14-7-5-13(6-8-14)11-16-12-15(18-2)9-3-4-10-15/h5-8,16H,3-4,9-12H2,1-2H3. The summed E-state index contributed by atoms with van der Waals surface area (Å²) in [6.07, 6.45) is 9.96. The van der Waals surface area contributed by atoms with Crippen molar-refractivity contribution in [1.29, 1.82) is 0 Å². The van der Waals surface area contributed by atoms with Crippen molar-refractivity contribution < 1.29 is 0 Å². The van der Waals surface area contributed by atoms with E-state index in [1.807, 2.05) is 0 Å². The van der Waals surface area contributed by atoms with Gasteiger partial charge in [-0.2, -0.15) is 11.8 Å². The van der Waals surface area contributed by atoms with E-state index >= 15 is 0 Å². The molecule has 1 aliphatic carbocycles. The van der Waals surface area contributed by atoms with Gasteiger partial charge in [-0.1, -0.05) is 25.0 Å². The third kappa shape index (κ3) is 3.69. The highest BCUT2D eigenvalue weighted by Gasteiger charge is 2.32. The molecule has 0 unspecified atom stereocenters.